The maximum atomic E-state index is 13.2. The Kier molecular flexibility index (Phi) is 4.24. The number of epoxide rings is 1. The van der Waals surface area contributed by atoms with Gasteiger partial charge in [0, 0.05) is 50.8 Å². The van der Waals surface area contributed by atoms with Crippen LogP contribution in [0, 0.1) is 23.7 Å². The van der Waals surface area contributed by atoms with Crippen molar-refractivity contribution in [2.45, 2.75) is 56.8 Å². The normalized spacial score (nSPS) is 45.3. The predicted octanol–water partition coefficient (Wildman–Crippen LogP) is 2.73. The second-order valence-corrected chi connectivity index (χ2v) is 10.5. The first-order valence-corrected chi connectivity index (χ1v) is 11.8. The van der Waals surface area contributed by atoms with Crippen molar-refractivity contribution >= 4 is 11.8 Å². The van der Waals surface area contributed by atoms with Crippen LogP contribution in [0.5, 0.6) is 0 Å². The molecule has 5 fully saturated rings. The molecule has 30 heavy (non-hydrogen) atoms. The molecule has 0 aromatic carbocycles. The van der Waals surface area contributed by atoms with Crippen LogP contribution >= 0.6 is 0 Å². The molecule has 162 valence electrons. The highest BCUT2D eigenvalue weighted by molar-refractivity contribution is 5.77. The van der Waals surface area contributed by atoms with Crippen LogP contribution < -0.4 is 4.90 Å². The summed E-state index contributed by atoms with van der Waals surface area (Å²) in [6.07, 6.45) is 6.52. The van der Waals surface area contributed by atoms with E-state index in [0.29, 0.717) is 17.8 Å². The minimum atomic E-state index is -0.359. The molecule has 3 aliphatic heterocycles. The maximum absolute atomic E-state index is 13.2. The van der Waals surface area contributed by atoms with E-state index in [1.54, 1.807) is 0 Å². The van der Waals surface area contributed by atoms with Crippen molar-refractivity contribution in [1.29, 1.82) is 0 Å². The highest BCUT2D eigenvalue weighted by Gasteiger charge is 2.77. The van der Waals surface area contributed by atoms with Crippen LogP contribution in [0.2, 0.25) is 0 Å². The smallest absolute Gasteiger partial charge is 0.311 e. The zero-order valence-electron chi connectivity index (χ0n) is 18.1. The average Bonchev–Trinajstić information content (AvgIpc) is 3.39. The highest BCUT2D eigenvalue weighted by Crippen LogP contribution is 2.66. The molecular formula is C24H33N3O3. The Bertz CT molecular complexity index is 826. The minimum Gasteiger partial charge on any atom is -0.455 e. The number of hydrogen-bond acceptors (Lipinski definition) is 6. The number of pyridine rings is 1. The second-order valence-electron chi connectivity index (χ2n) is 10.5. The van der Waals surface area contributed by atoms with E-state index in [4.69, 9.17) is 9.47 Å². The monoisotopic (exact) mass is 411 g/mol. The number of anilines is 1. The zero-order chi connectivity index (χ0) is 20.5. The first kappa shape index (κ1) is 19.1. The molecule has 0 N–H and O–H groups in total. The first-order valence-electron chi connectivity index (χ1n) is 11.8. The van der Waals surface area contributed by atoms with Gasteiger partial charge in [0.1, 0.15) is 17.5 Å². The number of carbonyl (C=O) groups is 1. The van der Waals surface area contributed by atoms with E-state index >= 15 is 0 Å². The van der Waals surface area contributed by atoms with Crippen molar-refractivity contribution in [3.05, 3.63) is 24.4 Å². The Morgan fingerprint density at radius 1 is 1.13 bits per heavy atom. The van der Waals surface area contributed by atoms with Gasteiger partial charge in [-0.1, -0.05) is 13.0 Å². The van der Waals surface area contributed by atoms with Crippen molar-refractivity contribution in [2.75, 3.05) is 37.6 Å². The summed E-state index contributed by atoms with van der Waals surface area (Å²) in [6.45, 7) is 9.25. The van der Waals surface area contributed by atoms with Crippen molar-refractivity contribution in [1.82, 2.24) is 9.88 Å². The third-order valence-electron chi connectivity index (χ3n) is 8.89. The molecular weight excluding hydrogens is 378 g/mol. The summed E-state index contributed by atoms with van der Waals surface area (Å²) >= 11 is 0. The van der Waals surface area contributed by atoms with E-state index in [1.807, 2.05) is 18.3 Å². The summed E-state index contributed by atoms with van der Waals surface area (Å²) in [7, 11) is 0. The molecule has 1 aromatic heterocycles. The molecule has 1 aromatic rings. The van der Waals surface area contributed by atoms with Gasteiger partial charge in [-0.15, -0.1) is 0 Å². The lowest BCUT2D eigenvalue weighted by molar-refractivity contribution is -0.168. The number of esters is 1. The molecule has 1 spiro atoms. The summed E-state index contributed by atoms with van der Waals surface area (Å²) in [6, 6.07) is 6.08. The van der Waals surface area contributed by atoms with Crippen LogP contribution in [-0.4, -0.2) is 65.9 Å². The Morgan fingerprint density at radius 2 is 1.97 bits per heavy atom. The summed E-state index contributed by atoms with van der Waals surface area (Å²) < 4.78 is 12.6. The van der Waals surface area contributed by atoms with Crippen molar-refractivity contribution in [3.8, 4) is 0 Å². The average molecular weight is 412 g/mol. The van der Waals surface area contributed by atoms with Crippen LogP contribution in [0.4, 0.5) is 5.82 Å². The third kappa shape index (κ3) is 2.69. The molecule has 6 heteroatoms. The number of aromatic nitrogens is 1. The molecule has 4 heterocycles. The maximum Gasteiger partial charge on any atom is 0.311 e. The van der Waals surface area contributed by atoms with E-state index < -0.39 is 0 Å². The van der Waals surface area contributed by atoms with Gasteiger partial charge >= 0.3 is 5.97 Å². The van der Waals surface area contributed by atoms with E-state index in [0.717, 1.165) is 57.8 Å². The van der Waals surface area contributed by atoms with Gasteiger partial charge in [-0.3, -0.25) is 9.69 Å². The fraction of sp³-hybridized carbons (Fsp3) is 0.750. The topological polar surface area (TPSA) is 58.2 Å². The summed E-state index contributed by atoms with van der Waals surface area (Å²) in [5.74, 6) is 2.47. The van der Waals surface area contributed by atoms with Crippen molar-refractivity contribution in [3.63, 3.8) is 0 Å². The minimum absolute atomic E-state index is 0.00653. The largest absolute Gasteiger partial charge is 0.455 e. The molecule has 2 saturated carbocycles. The quantitative estimate of drug-likeness (QED) is 0.563. The molecule has 6 rings (SSSR count). The molecule has 0 unspecified atom stereocenters. The van der Waals surface area contributed by atoms with Gasteiger partial charge in [-0.2, -0.15) is 0 Å². The lowest BCUT2D eigenvalue weighted by atomic mass is 9.55. The van der Waals surface area contributed by atoms with Gasteiger partial charge < -0.3 is 14.4 Å². The first-order chi connectivity index (χ1) is 14.5. The van der Waals surface area contributed by atoms with E-state index in [-0.39, 0.29) is 29.2 Å². The van der Waals surface area contributed by atoms with E-state index in [9.17, 15) is 4.79 Å². The Hall–Kier alpha value is -1.66. The van der Waals surface area contributed by atoms with Gasteiger partial charge in [-0.05, 0) is 50.7 Å². The third-order valence-corrected chi connectivity index (χ3v) is 8.89. The molecule has 3 saturated heterocycles. The lowest BCUT2D eigenvalue weighted by Crippen LogP contribution is -2.58. The fourth-order valence-electron chi connectivity index (χ4n) is 7.24. The van der Waals surface area contributed by atoms with Gasteiger partial charge in [0.25, 0.3) is 0 Å². The predicted molar refractivity (Wildman–Crippen MR) is 113 cm³/mol. The van der Waals surface area contributed by atoms with Gasteiger partial charge in [0.15, 0.2) is 0 Å². The molecule has 7 atom stereocenters. The van der Waals surface area contributed by atoms with Crippen LogP contribution in [-0.2, 0) is 14.3 Å². The summed E-state index contributed by atoms with van der Waals surface area (Å²) in [5, 5.41) is 0. The van der Waals surface area contributed by atoms with Gasteiger partial charge in [-0.25, -0.2) is 4.98 Å². The fourth-order valence-corrected chi connectivity index (χ4v) is 7.24. The van der Waals surface area contributed by atoms with Gasteiger partial charge in [0.2, 0.25) is 0 Å². The number of nitrogens with zero attached hydrogens (tertiary/aromatic N) is 3. The van der Waals surface area contributed by atoms with Crippen LogP contribution in [0.1, 0.15) is 39.5 Å². The lowest BCUT2D eigenvalue weighted by Gasteiger charge is -2.50. The number of ether oxygens (including phenoxy) is 2. The molecule has 5 aliphatic rings. The Balaban J connectivity index is 1.18. The number of rotatable bonds is 3. The van der Waals surface area contributed by atoms with Crippen molar-refractivity contribution < 1.29 is 14.3 Å². The van der Waals surface area contributed by atoms with Crippen LogP contribution in [0.15, 0.2) is 24.4 Å². The Morgan fingerprint density at radius 3 is 2.73 bits per heavy atom. The number of fused-ring (bicyclic) bond motifs is 1. The van der Waals surface area contributed by atoms with E-state index in [2.05, 4.69) is 34.7 Å². The van der Waals surface area contributed by atoms with Crippen LogP contribution in [0.25, 0.3) is 0 Å². The Labute approximate surface area is 178 Å². The van der Waals surface area contributed by atoms with E-state index in [1.165, 1.54) is 6.42 Å². The zero-order valence-corrected chi connectivity index (χ0v) is 18.1. The molecule has 2 aliphatic carbocycles. The van der Waals surface area contributed by atoms with Crippen LogP contribution in [0.3, 0.4) is 0 Å². The molecule has 6 nitrogen and oxygen atoms in total. The van der Waals surface area contributed by atoms with Crippen molar-refractivity contribution in [2.24, 2.45) is 23.7 Å². The number of piperazine rings is 1. The standard InChI is InChI=1S/C24H33N3O3/c1-16-6-7-19-17(15-26-11-13-27(14-12-26)20-5-3-4-10-25-20)21(28)29-24(19)18(16)8-9-23(2)22(24)30-23/h3-5,10,16-19,22H,6-9,11-15H2,1-2H3/t16-,17+,18-,19+,22+,23-,24-/m0/s1. The molecule has 0 radical (unpaired) electrons. The second kappa shape index (κ2) is 6.67. The highest BCUT2D eigenvalue weighted by atomic mass is 16.7. The number of carbonyl (C=O) groups excluding carboxylic acids is 1. The number of hydrogen-bond donors (Lipinski definition) is 0. The van der Waals surface area contributed by atoms with Gasteiger partial charge in [0.05, 0.1) is 11.5 Å². The summed E-state index contributed by atoms with van der Waals surface area (Å²) in [4.78, 5) is 22.5. The SMILES string of the molecule is C[C@H]1CC[C@@H]2[C@@H](CN3CCN(c4ccccn4)CC3)C(=O)O[C@@]23[C@H]1CC[C@]1(C)O[C@@H]31. The molecule has 0 amide bonds. The summed E-state index contributed by atoms with van der Waals surface area (Å²) in [5.41, 5.74) is -0.419. The molecule has 0 bridgehead atoms.